The maximum absolute atomic E-state index is 12.4. The Morgan fingerprint density at radius 2 is 1.92 bits per heavy atom. The number of fused-ring (bicyclic) bond motifs is 1. The van der Waals surface area contributed by atoms with Gasteiger partial charge >= 0.3 is 0 Å². The molecule has 1 amide bonds. The van der Waals surface area contributed by atoms with Crippen LogP contribution in [0.2, 0.25) is 0 Å². The highest BCUT2D eigenvalue weighted by molar-refractivity contribution is 6.07. The fourth-order valence-corrected chi connectivity index (χ4v) is 2.55. The summed E-state index contributed by atoms with van der Waals surface area (Å²) in [5, 5.41) is 15.1. The Bertz CT molecular complexity index is 873. The van der Waals surface area contributed by atoms with Crippen molar-refractivity contribution in [3.63, 3.8) is 0 Å². The van der Waals surface area contributed by atoms with Crippen LogP contribution in [0.4, 0.5) is 11.5 Å². The predicted octanol–water partition coefficient (Wildman–Crippen LogP) is 2.64. The van der Waals surface area contributed by atoms with Gasteiger partial charge in [0.05, 0.1) is 11.2 Å². The molecule has 0 atom stereocenters. The fourth-order valence-electron chi connectivity index (χ4n) is 2.55. The number of carbonyl (C=O) groups excluding carboxylic acids is 1. The number of amides is 1. The van der Waals surface area contributed by atoms with Gasteiger partial charge in [-0.3, -0.25) is 9.78 Å². The minimum atomic E-state index is -0.310. The molecule has 0 aliphatic heterocycles. The minimum Gasteiger partial charge on any atom is -0.369 e. The van der Waals surface area contributed by atoms with Gasteiger partial charge in [-0.2, -0.15) is 0 Å². The Morgan fingerprint density at radius 3 is 2.69 bits per heavy atom. The molecule has 0 radical (unpaired) electrons. The summed E-state index contributed by atoms with van der Waals surface area (Å²) in [6.07, 6.45) is 2.71. The van der Waals surface area contributed by atoms with Crippen molar-refractivity contribution in [2.45, 2.75) is 6.42 Å². The summed E-state index contributed by atoms with van der Waals surface area (Å²) in [4.78, 5) is 18.9. The molecule has 0 bridgehead atoms. The predicted molar refractivity (Wildman–Crippen MR) is 103 cm³/mol. The smallest absolute Gasteiger partial charge is 0.276 e. The number of hydrogen-bond acceptors (Lipinski definition) is 6. The molecule has 26 heavy (non-hydrogen) atoms. The Hall–Kier alpha value is -3.06. The van der Waals surface area contributed by atoms with Crippen molar-refractivity contribution in [1.29, 1.82) is 0 Å². The number of aromatic nitrogens is 3. The number of pyridine rings is 1. The van der Waals surface area contributed by atoms with Crippen LogP contribution in [0.1, 0.15) is 16.9 Å². The summed E-state index contributed by atoms with van der Waals surface area (Å²) >= 11 is 0. The zero-order chi connectivity index (χ0) is 18.4. The fraction of sp³-hybridized carbons (Fsp3) is 0.263. The molecule has 0 aliphatic carbocycles. The van der Waals surface area contributed by atoms with E-state index in [1.165, 1.54) is 0 Å². The minimum absolute atomic E-state index is 0.261. The van der Waals surface area contributed by atoms with Crippen molar-refractivity contribution in [2.24, 2.45) is 0 Å². The van der Waals surface area contributed by atoms with E-state index in [2.05, 4.69) is 30.7 Å². The highest BCUT2D eigenvalue weighted by Crippen LogP contribution is 2.21. The molecule has 7 nitrogen and oxygen atoms in total. The van der Waals surface area contributed by atoms with Crippen molar-refractivity contribution >= 4 is 28.3 Å². The number of nitrogens with zero attached hydrogens (tertiary/aromatic N) is 4. The zero-order valence-corrected chi connectivity index (χ0v) is 14.9. The zero-order valence-electron chi connectivity index (χ0n) is 14.9. The van der Waals surface area contributed by atoms with E-state index >= 15 is 0 Å². The molecule has 2 aromatic heterocycles. The third-order valence-corrected chi connectivity index (χ3v) is 3.87. The molecule has 0 spiro atoms. The first-order valence-electron chi connectivity index (χ1n) is 8.51. The van der Waals surface area contributed by atoms with Crippen molar-refractivity contribution < 1.29 is 4.79 Å². The van der Waals surface area contributed by atoms with Gasteiger partial charge in [-0.05, 0) is 51.3 Å². The molecule has 0 saturated heterocycles. The molecule has 1 aromatic carbocycles. The number of anilines is 2. The average Bonchev–Trinajstić information content (AvgIpc) is 2.66. The van der Waals surface area contributed by atoms with E-state index in [0.29, 0.717) is 11.5 Å². The third kappa shape index (κ3) is 4.52. The summed E-state index contributed by atoms with van der Waals surface area (Å²) in [7, 11) is 4.08. The molecule has 3 aromatic rings. The average molecular weight is 350 g/mol. The number of rotatable bonds is 7. The van der Waals surface area contributed by atoms with Crippen LogP contribution in [0.5, 0.6) is 0 Å². The van der Waals surface area contributed by atoms with Gasteiger partial charge in [0, 0.05) is 18.1 Å². The number of nitrogens with one attached hydrogen (secondary N) is 2. The molecule has 3 rings (SSSR count). The van der Waals surface area contributed by atoms with Crippen LogP contribution in [0, 0.1) is 0 Å². The lowest BCUT2D eigenvalue weighted by Gasteiger charge is -2.10. The third-order valence-electron chi connectivity index (χ3n) is 3.87. The van der Waals surface area contributed by atoms with E-state index in [9.17, 15) is 4.79 Å². The number of benzene rings is 1. The van der Waals surface area contributed by atoms with Crippen LogP contribution in [0.25, 0.3) is 10.9 Å². The molecule has 0 aliphatic rings. The van der Waals surface area contributed by atoms with Crippen LogP contribution >= 0.6 is 0 Å². The SMILES string of the molecule is CN(C)CCCNc1ccc(C(=O)Nc2cccc3cccnc23)nn1. The van der Waals surface area contributed by atoms with Crippen molar-refractivity contribution in [1.82, 2.24) is 20.1 Å². The molecule has 0 fully saturated rings. The van der Waals surface area contributed by atoms with Crippen LogP contribution in [0.3, 0.4) is 0 Å². The summed E-state index contributed by atoms with van der Waals surface area (Å²) < 4.78 is 0. The van der Waals surface area contributed by atoms with Gasteiger partial charge in [0.1, 0.15) is 5.82 Å². The van der Waals surface area contributed by atoms with Crippen LogP contribution in [-0.2, 0) is 0 Å². The van der Waals surface area contributed by atoms with Gasteiger partial charge in [0.15, 0.2) is 5.69 Å². The second kappa shape index (κ2) is 8.35. The topological polar surface area (TPSA) is 83.0 Å². The van der Waals surface area contributed by atoms with Crippen LogP contribution in [0.15, 0.2) is 48.7 Å². The normalized spacial score (nSPS) is 10.9. The highest BCUT2D eigenvalue weighted by Gasteiger charge is 2.11. The molecule has 134 valence electrons. The van der Waals surface area contributed by atoms with Gasteiger partial charge in [0.25, 0.3) is 5.91 Å². The number of hydrogen-bond donors (Lipinski definition) is 2. The van der Waals surface area contributed by atoms with E-state index < -0.39 is 0 Å². The lowest BCUT2D eigenvalue weighted by atomic mass is 10.2. The molecule has 0 saturated carbocycles. The van der Waals surface area contributed by atoms with Gasteiger partial charge in [0.2, 0.25) is 0 Å². The Labute approximate surface area is 152 Å². The van der Waals surface area contributed by atoms with Crippen molar-refractivity contribution in [3.8, 4) is 0 Å². The van der Waals surface area contributed by atoms with Crippen molar-refractivity contribution in [2.75, 3.05) is 37.8 Å². The van der Waals surface area contributed by atoms with Crippen molar-refractivity contribution in [3.05, 3.63) is 54.4 Å². The largest absolute Gasteiger partial charge is 0.369 e. The Kier molecular flexibility index (Phi) is 5.70. The molecule has 2 heterocycles. The molecule has 2 N–H and O–H groups in total. The van der Waals surface area contributed by atoms with E-state index in [1.807, 2.05) is 44.4 Å². The summed E-state index contributed by atoms with van der Waals surface area (Å²) in [6.45, 7) is 1.81. The van der Waals surface area contributed by atoms with Crippen LogP contribution < -0.4 is 10.6 Å². The van der Waals surface area contributed by atoms with E-state index in [-0.39, 0.29) is 11.6 Å². The first-order chi connectivity index (χ1) is 12.6. The highest BCUT2D eigenvalue weighted by atomic mass is 16.1. The molecule has 7 heteroatoms. The standard InChI is InChI=1S/C19H22N6O/c1-25(2)13-5-12-20-17-10-9-16(23-24-17)19(26)22-15-8-3-6-14-7-4-11-21-18(14)15/h3-4,6-11H,5,12-13H2,1-2H3,(H,20,24)(H,22,26). The molecule has 0 unspecified atom stereocenters. The molecular weight excluding hydrogens is 328 g/mol. The van der Waals surface area contributed by atoms with E-state index in [4.69, 9.17) is 0 Å². The number of para-hydroxylation sites is 1. The number of carbonyl (C=O) groups is 1. The maximum Gasteiger partial charge on any atom is 0.276 e. The summed E-state index contributed by atoms with van der Waals surface area (Å²) in [6, 6.07) is 12.9. The first kappa shape index (κ1) is 17.8. The van der Waals surface area contributed by atoms with Gasteiger partial charge in [-0.15, -0.1) is 10.2 Å². The Morgan fingerprint density at radius 1 is 1.08 bits per heavy atom. The van der Waals surface area contributed by atoms with E-state index in [0.717, 1.165) is 30.4 Å². The van der Waals surface area contributed by atoms with Gasteiger partial charge in [-0.1, -0.05) is 18.2 Å². The summed E-state index contributed by atoms with van der Waals surface area (Å²) in [5.41, 5.74) is 1.66. The monoisotopic (exact) mass is 350 g/mol. The lowest BCUT2D eigenvalue weighted by molar-refractivity contribution is 0.102. The van der Waals surface area contributed by atoms with Crippen LogP contribution in [-0.4, -0.2) is 53.2 Å². The Balaban J connectivity index is 1.63. The van der Waals surface area contributed by atoms with Gasteiger partial charge < -0.3 is 15.5 Å². The molecular formula is C19H22N6O. The summed E-state index contributed by atoms with van der Waals surface area (Å²) in [5.74, 6) is 0.349. The second-order valence-corrected chi connectivity index (χ2v) is 6.22. The maximum atomic E-state index is 12.4. The second-order valence-electron chi connectivity index (χ2n) is 6.22. The van der Waals surface area contributed by atoms with E-state index in [1.54, 1.807) is 18.3 Å². The quantitative estimate of drug-likeness (QED) is 0.638. The lowest BCUT2D eigenvalue weighted by Crippen LogP contribution is -2.17. The van der Waals surface area contributed by atoms with Gasteiger partial charge in [-0.25, -0.2) is 0 Å². The first-order valence-corrected chi connectivity index (χ1v) is 8.51.